The number of nitrogens with zero attached hydrogens (tertiary/aromatic N) is 8. The van der Waals surface area contributed by atoms with Crippen LogP contribution in [0.25, 0.3) is 0 Å². The second-order valence-electron chi connectivity index (χ2n) is 12.9. The number of ether oxygens (including phenoxy) is 1. The average Bonchev–Trinajstić information content (AvgIpc) is 3.87. The number of aryl methyl sites for hydroxylation is 1. The van der Waals surface area contributed by atoms with Gasteiger partial charge in [0.1, 0.15) is 53.6 Å². The van der Waals surface area contributed by atoms with Gasteiger partial charge in [-0.05, 0) is 21.6 Å². The number of rotatable bonds is 14. The Balaban J connectivity index is 0.000000268. The van der Waals surface area contributed by atoms with Crippen LogP contribution in [0.5, 0.6) is 0 Å². The Bertz CT molecular complexity index is 2370. The molecule has 4 aliphatic heterocycles. The number of carboxylic acid groups (broad SMARTS) is 2. The number of thioether (sulfide) groups is 3. The number of nitrogen functional groups attached to an aromatic ring is 1. The van der Waals surface area contributed by atoms with Gasteiger partial charge in [-0.3, -0.25) is 33.8 Å². The number of hydrogen-bond acceptors (Lipinski definition) is 20. The van der Waals surface area contributed by atoms with E-state index in [2.05, 4.69) is 41.1 Å². The van der Waals surface area contributed by atoms with Gasteiger partial charge in [0.2, 0.25) is 5.16 Å². The van der Waals surface area contributed by atoms with Crippen molar-refractivity contribution in [3.8, 4) is 0 Å². The molecule has 4 aliphatic rings. The number of thiazole rings is 1. The van der Waals surface area contributed by atoms with Crippen molar-refractivity contribution < 1.29 is 58.5 Å². The molecule has 23 nitrogen and oxygen atoms in total. The quantitative estimate of drug-likeness (QED) is 0.0251. The van der Waals surface area contributed by atoms with Gasteiger partial charge in [0.05, 0.1) is 0 Å². The molecule has 29 heteroatoms. The summed E-state index contributed by atoms with van der Waals surface area (Å²) in [5.41, 5.74) is 6.57. The second kappa shape index (κ2) is 22.7. The average molecular weight is 966 g/mol. The number of esters is 1. The van der Waals surface area contributed by atoms with E-state index in [4.69, 9.17) is 10.5 Å². The number of β-lactam (4-membered cyclic amide) rings is 2. The molecular formula is C34H37N11Na2O12S4. The van der Waals surface area contributed by atoms with Crippen LogP contribution < -0.4 is 16.4 Å². The molecule has 1 aromatic carbocycles. The Hall–Kier alpha value is -4.03. The first-order chi connectivity index (χ1) is 29.1. The van der Waals surface area contributed by atoms with Gasteiger partial charge in [0, 0.05) is 42.2 Å². The van der Waals surface area contributed by atoms with Crippen molar-refractivity contribution in [2.45, 2.75) is 41.0 Å². The van der Waals surface area contributed by atoms with Crippen molar-refractivity contribution in [2.24, 2.45) is 12.2 Å². The normalized spacial score (nSPS) is 20.5. The predicted molar refractivity (Wildman–Crippen MR) is 231 cm³/mol. The molecule has 0 aliphatic carbocycles. The molecule has 2 aromatic heterocycles. The summed E-state index contributed by atoms with van der Waals surface area (Å²) < 4.78 is 6.35. The van der Waals surface area contributed by atoms with Gasteiger partial charge in [-0.2, -0.15) is 0 Å². The molecule has 2 saturated heterocycles. The maximum atomic E-state index is 12.7. The van der Waals surface area contributed by atoms with Gasteiger partial charge in [-0.15, -0.1) is 40.0 Å². The Kier molecular flexibility index (Phi) is 18.6. The van der Waals surface area contributed by atoms with Crippen LogP contribution >= 0.6 is 46.6 Å². The van der Waals surface area contributed by atoms with Gasteiger partial charge in [-0.1, -0.05) is 47.2 Å². The third kappa shape index (κ3) is 11.4. The summed E-state index contributed by atoms with van der Waals surface area (Å²) >= 11 is 4.99. The van der Waals surface area contributed by atoms with E-state index in [9.17, 15) is 48.9 Å². The molecule has 0 unspecified atom stereocenters. The Morgan fingerprint density at radius 2 is 1.56 bits per heavy atom. The molecule has 0 spiro atoms. The van der Waals surface area contributed by atoms with Gasteiger partial charge in [0.15, 0.2) is 16.9 Å². The summed E-state index contributed by atoms with van der Waals surface area (Å²) in [7, 11) is 2.93. The number of aromatic nitrogens is 5. The zero-order valence-corrected chi connectivity index (χ0v) is 35.2. The fraction of sp³-hybridized carbons (Fsp3) is 0.353. The number of fused-ring (bicyclic) bond motifs is 2. The fourth-order valence-corrected chi connectivity index (χ4v) is 10.4. The number of amides is 4. The number of aliphatic hydroxyl groups is 1. The maximum absolute atomic E-state index is 12.7. The third-order valence-corrected chi connectivity index (χ3v) is 13.5. The topological polar surface area (TPSA) is 324 Å². The summed E-state index contributed by atoms with van der Waals surface area (Å²) in [4.78, 5) is 96.0. The molecular weight excluding hydrogens is 929 g/mol. The minimum atomic E-state index is -1.42. The first kappa shape index (κ1) is 51.6. The molecule has 2 fully saturated rings. The van der Waals surface area contributed by atoms with Crippen LogP contribution in [0.4, 0.5) is 5.13 Å². The Morgan fingerprint density at radius 3 is 2.08 bits per heavy atom. The fourth-order valence-electron chi connectivity index (χ4n) is 6.19. The van der Waals surface area contributed by atoms with Crippen LogP contribution in [-0.4, -0.2) is 210 Å². The Labute approximate surface area is 417 Å². The van der Waals surface area contributed by atoms with E-state index in [1.807, 2.05) is 0 Å². The predicted octanol–water partition coefficient (Wildman–Crippen LogP) is -2.15. The molecule has 0 saturated carbocycles. The van der Waals surface area contributed by atoms with Gasteiger partial charge in [-0.25, -0.2) is 19.3 Å². The van der Waals surface area contributed by atoms with Crippen molar-refractivity contribution in [1.82, 2.24) is 45.6 Å². The van der Waals surface area contributed by atoms with Crippen molar-refractivity contribution in [2.75, 3.05) is 36.7 Å². The van der Waals surface area contributed by atoms with E-state index in [0.29, 0.717) is 33.4 Å². The SMILES string of the molecule is CO/N=C(/C(=O)N[C@@H]1C(=O)N2C(C(=O)O)=C(COC(C)=O)CS[C@H]12)c1csc(N)n1.Cn1nnnc1SCC1=C(C(=O)O)N2C(=O)[C@@H](NC(=O)[C@H](O)c3ccccc3)[C@H]2SC1.[NaH].[NaH]. The van der Waals surface area contributed by atoms with Crippen molar-refractivity contribution >= 4 is 158 Å². The first-order valence-electron chi connectivity index (χ1n) is 17.6. The summed E-state index contributed by atoms with van der Waals surface area (Å²) in [6.45, 7) is 0.975. The number of aliphatic carboxylic acids is 2. The minimum absolute atomic E-state index is 0. The van der Waals surface area contributed by atoms with Crippen LogP contribution in [-0.2, 0) is 50.2 Å². The van der Waals surface area contributed by atoms with Crippen molar-refractivity contribution in [3.05, 3.63) is 69.5 Å². The number of benzene rings is 1. The number of nitrogens with one attached hydrogen (secondary N) is 2. The number of tetrazole rings is 1. The van der Waals surface area contributed by atoms with E-state index >= 15 is 0 Å². The van der Waals surface area contributed by atoms with Crippen LogP contribution in [0.1, 0.15) is 24.3 Å². The van der Waals surface area contributed by atoms with Gasteiger partial charge < -0.3 is 41.3 Å². The first-order valence-corrected chi connectivity index (χ1v) is 21.5. The van der Waals surface area contributed by atoms with Gasteiger partial charge in [0.25, 0.3) is 23.6 Å². The summed E-state index contributed by atoms with van der Waals surface area (Å²) in [5.74, 6) is -4.73. The van der Waals surface area contributed by atoms with E-state index in [1.54, 1.807) is 37.4 Å². The van der Waals surface area contributed by atoms with Crippen molar-refractivity contribution in [1.29, 1.82) is 0 Å². The summed E-state index contributed by atoms with van der Waals surface area (Å²) in [5, 5.41) is 50.5. The molecule has 326 valence electrons. The molecule has 5 atom stereocenters. The molecule has 3 aromatic rings. The standard InChI is InChI=1S/C18H18N6O5S2.C16H17N5O7S2.2Na.2H/c1-23-18(20-21-22-23)31-8-10-7-30-16-11(15(27)24(16)12(10)17(28)29)19-14(26)13(25)9-5-3-2-4-6-9;1-6(22)28-3-7-4-29-14-10(13(24)21(14)11(7)15(25)26)19-12(23)9(20-27-2)8-5-30-16(17)18-8;;;;/h2-6,11,13,16,25H,7-8H2,1H3,(H,19,26)(H,28,29);5,10,14H,3-4H2,1-2H3,(H2,17,18)(H,19,23)(H,25,26);;;;/b;20-9+;;;;/t11-,13-,16-;10-,14-;;;;/m11..../s1. The monoisotopic (exact) mass is 965 g/mol. The summed E-state index contributed by atoms with van der Waals surface area (Å²) in [6.07, 6.45) is -1.42. The van der Waals surface area contributed by atoms with Crippen LogP contribution in [0.3, 0.4) is 0 Å². The number of carbonyl (C=O) groups excluding carboxylic acids is 5. The second-order valence-corrected chi connectivity index (χ2v) is 17.0. The molecule has 7 rings (SSSR count). The van der Waals surface area contributed by atoms with Crippen molar-refractivity contribution in [3.63, 3.8) is 0 Å². The number of aliphatic hydroxyl groups excluding tert-OH is 1. The summed E-state index contributed by atoms with van der Waals surface area (Å²) in [6, 6.07) is 6.50. The molecule has 4 amide bonds. The molecule has 63 heavy (non-hydrogen) atoms. The van der Waals surface area contributed by atoms with E-state index in [0.717, 1.165) is 16.2 Å². The van der Waals surface area contributed by atoms with Crippen LogP contribution in [0.2, 0.25) is 0 Å². The van der Waals surface area contributed by atoms with Crippen LogP contribution in [0.15, 0.2) is 68.6 Å². The molecule has 0 bridgehead atoms. The van der Waals surface area contributed by atoms with E-state index < -0.39 is 70.5 Å². The van der Waals surface area contributed by atoms with E-state index in [-0.39, 0.29) is 99.4 Å². The number of oxime groups is 1. The molecule has 7 N–H and O–H groups in total. The molecule has 0 radical (unpaired) electrons. The number of anilines is 1. The number of carboxylic acids is 2. The zero-order valence-electron chi connectivity index (χ0n) is 32.0. The van der Waals surface area contributed by atoms with E-state index in [1.165, 1.54) is 64.3 Å². The number of nitrogens with two attached hydrogens (primary N) is 1. The zero-order chi connectivity index (χ0) is 44.1. The third-order valence-electron chi connectivity index (χ3n) is 9.02. The van der Waals surface area contributed by atoms with Gasteiger partial charge >= 0.3 is 77.0 Å². The Morgan fingerprint density at radius 1 is 0.968 bits per heavy atom. The number of hydrogen-bond donors (Lipinski definition) is 6. The molecule has 6 heterocycles. The number of carbonyl (C=O) groups is 7. The van der Waals surface area contributed by atoms with Crippen LogP contribution in [0, 0.1) is 0 Å².